The van der Waals surface area contributed by atoms with E-state index in [1.54, 1.807) is 7.11 Å². The van der Waals surface area contributed by atoms with E-state index in [9.17, 15) is 4.79 Å². The Morgan fingerprint density at radius 2 is 2.12 bits per heavy atom. The van der Waals surface area contributed by atoms with Gasteiger partial charge < -0.3 is 9.47 Å². The molecule has 0 aliphatic carbocycles. The number of carbonyl (C=O) groups is 1. The van der Waals surface area contributed by atoms with Gasteiger partial charge in [-0.05, 0) is 36.6 Å². The molecular weight excluding hydrogens is 272 g/mol. The number of hydrogen-bond donors (Lipinski definition) is 0. The normalized spacial score (nSPS) is 9.94. The van der Waals surface area contributed by atoms with Crippen LogP contribution in [-0.4, -0.2) is 20.2 Å². The fraction of sp³-hybridized carbons (Fsp3) is 0.417. The van der Waals surface area contributed by atoms with E-state index in [1.807, 2.05) is 18.2 Å². The minimum absolute atomic E-state index is 0.172. The van der Waals surface area contributed by atoms with Gasteiger partial charge in [0, 0.05) is 10.9 Å². The van der Waals surface area contributed by atoms with Crippen LogP contribution in [0.1, 0.15) is 18.4 Å². The van der Waals surface area contributed by atoms with Gasteiger partial charge in [-0.1, -0.05) is 15.9 Å². The summed E-state index contributed by atoms with van der Waals surface area (Å²) in [6.07, 6.45) is 2.00. The van der Waals surface area contributed by atoms with Crippen molar-refractivity contribution in [3.8, 4) is 5.75 Å². The van der Waals surface area contributed by atoms with Crippen molar-refractivity contribution in [2.24, 2.45) is 0 Å². The molecule has 4 heteroatoms. The Labute approximate surface area is 104 Å². The Kier molecular flexibility index (Phi) is 5.32. The Morgan fingerprint density at radius 1 is 1.38 bits per heavy atom. The van der Waals surface area contributed by atoms with E-state index in [0.717, 1.165) is 28.6 Å². The molecule has 0 bridgehead atoms. The van der Waals surface area contributed by atoms with Crippen molar-refractivity contribution < 1.29 is 14.3 Å². The molecule has 0 unspecified atom stereocenters. The summed E-state index contributed by atoms with van der Waals surface area (Å²) in [7, 11) is 3.05. The predicted molar refractivity (Wildman–Crippen MR) is 65.6 cm³/mol. The highest BCUT2D eigenvalue weighted by Crippen LogP contribution is 2.24. The summed E-state index contributed by atoms with van der Waals surface area (Å²) in [5, 5.41) is 0. The number of esters is 1. The van der Waals surface area contributed by atoms with Crippen molar-refractivity contribution >= 4 is 21.9 Å². The van der Waals surface area contributed by atoms with Gasteiger partial charge in [-0.25, -0.2) is 0 Å². The van der Waals surface area contributed by atoms with Crippen LogP contribution in [0.15, 0.2) is 22.7 Å². The van der Waals surface area contributed by atoms with Crippen molar-refractivity contribution in [3.63, 3.8) is 0 Å². The summed E-state index contributed by atoms with van der Waals surface area (Å²) in [4.78, 5) is 11.0. The second kappa shape index (κ2) is 6.53. The lowest BCUT2D eigenvalue weighted by atomic mass is 10.1. The van der Waals surface area contributed by atoms with Gasteiger partial charge in [-0.15, -0.1) is 0 Å². The standard InChI is InChI=1S/C12H15BrO3/c1-15-11-7-6-10(13)8-9(11)4-3-5-12(14)16-2/h6-8H,3-5H2,1-2H3. The monoisotopic (exact) mass is 286 g/mol. The Balaban J connectivity index is 2.58. The summed E-state index contributed by atoms with van der Waals surface area (Å²) in [5.41, 5.74) is 1.10. The van der Waals surface area contributed by atoms with E-state index in [-0.39, 0.29) is 5.97 Å². The van der Waals surface area contributed by atoms with Crippen molar-refractivity contribution in [1.29, 1.82) is 0 Å². The third-order valence-corrected chi connectivity index (χ3v) is 2.79. The summed E-state index contributed by atoms with van der Waals surface area (Å²) in [6.45, 7) is 0. The van der Waals surface area contributed by atoms with Crippen molar-refractivity contribution in [3.05, 3.63) is 28.2 Å². The van der Waals surface area contributed by atoms with Crippen LogP contribution in [0, 0.1) is 0 Å². The van der Waals surface area contributed by atoms with E-state index in [2.05, 4.69) is 20.7 Å². The van der Waals surface area contributed by atoms with Crippen LogP contribution in [0.4, 0.5) is 0 Å². The highest BCUT2D eigenvalue weighted by atomic mass is 79.9. The van der Waals surface area contributed by atoms with E-state index in [1.165, 1.54) is 7.11 Å². The smallest absolute Gasteiger partial charge is 0.305 e. The number of aryl methyl sites for hydroxylation is 1. The Hall–Kier alpha value is -1.03. The molecule has 1 aromatic rings. The molecule has 0 fully saturated rings. The number of hydrogen-bond acceptors (Lipinski definition) is 3. The first-order valence-corrected chi connectivity index (χ1v) is 5.86. The summed E-state index contributed by atoms with van der Waals surface area (Å²) in [5.74, 6) is 0.682. The topological polar surface area (TPSA) is 35.5 Å². The molecule has 0 N–H and O–H groups in total. The molecule has 0 saturated heterocycles. The summed E-state index contributed by atoms with van der Waals surface area (Å²) >= 11 is 3.41. The van der Waals surface area contributed by atoms with E-state index < -0.39 is 0 Å². The molecule has 88 valence electrons. The van der Waals surface area contributed by atoms with Gasteiger partial charge in [-0.3, -0.25) is 4.79 Å². The molecule has 0 aliphatic rings. The molecule has 0 aliphatic heterocycles. The van der Waals surface area contributed by atoms with Crippen LogP contribution in [0.3, 0.4) is 0 Å². The number of carbonyl (C=O) groups excluding carboxylic acids is 1. The third kappa shape index (κ3) is 3.85. The molecule has 0 heterocycles. The van der Waals surface area contributed by atoms with Crippen molar-refractivity contribution in [2.75, 3.05) is 14.2 Å². The highest BCUT2D eigenvalue weighted by molar-refractivity contribution is 9.10. The van der Waals surface area contributed by atoms with E-state index >= 15 is 0 Å². The van der Waals surface area contributed by atoms with Gasteiger partial charge in [0.15, 0.2) is 0 Å². The number of halogens is 1. The zero-order valence-corrected chi connectivity index (χ0v) is 11.0. The van der Waals surface area contributed by atoms with Gasteiger partial charge >= 0.3 is 5.97 Å². The summed E-state index contributed by atoms with van der Waals surface area (Å²) in [6, 6.07) is 5.86. The lowest BCUT2D eigenvalue weighted by molar-refractivity contribution is -0.140. The van der Waals surface area contributed by atoms with Crippen LogP contribution < -0.4 is 4.74 Å². The fourth-order valence-corrected chi connectivity index (χ4v) is 1.88. The van der Waals surface area contributed by atoms with Gasteiger partial charge in [0.2, 0.25) is 0 Å². The average molecular weight is 287 g/mol. The van der Waals surface area contributed by atoms with Crippen molar-refractivity contribution in [1.82, 2.24) is 0 Å². The number of benzene rings is 1. The molecule has 0 amide bonds. The molecule has 0 aromatic heterocycles. The lowest BCUT2D eigenvalue weighted by Crippen LogP contribution is -2.01. The predicted octanol–water partition coefficient (Wildman–Crippen LogP) is 2.95. The quantitative estimate of drug-likeness (QED) is 0.781. The number of rotatable bonds is 5. The summed E-state index contributed by atoms with van der Waals surface area (Å²) < 4.78 is 10.9. The van der Waals surface area contributed by atoms with Gasteiger partial charge in [0.1, 0.15) is 5.75 Å². The maximum atomic E-state index is 11.0. The Morgan fingerprint density at radius 3 is 2.75 bits per heavy atom. The van der Waals surface area contributed by atoms with Gasteiger partial charge in [0.25, 0.3) is 0 Å². The maximum absolute atomic E-state index is 11.0. The second-order valence-electron chi connectivity index (χ2n) is 3.39. The largest absolute Gasteiger partial charge is 0.496 e. The lowest BCUT2D eigenvalue weighted by Gasteiger charge is -2.08. The highest BCUT2D eigenvalue weighted by Gasteiger charge is 2.05. The number of methoxy groups -OCH3 is 2. The molecule has 1 rings (SSSR count). The molecule has 3 nitrogen and oxygen atoms in total. The van der Waals surface area contributed by atoms with E-state index in [4.69, 9.17) is 4.74 Å². The second-order valence-corrected chi connectivity index (χ2v) is 4.30. The first-order chi connectivity index (χ1) is 7.67. The molecule has 16 heavy (non-hydrogen) atoms. The minimum Gasteiger partial charge on any atom is -0.496 e. The molecule has 1 aromatic carbocycles. The van der Waals surface area contributed by atoms with Gasteiger partial charge in [-0.2, -0.15) is 0 Å². The zero-order valence-electron chi connectivity index (χ0n) is 9.46. The maximum Gasteiger partial charge on any atom is 0.305 e. The zero-order chi connectivity index (χ0) is 12.0. The molecule has 0 spiro atoms. The van der Waals surface area contributed by atoms with Crippen LogP contribution in [0.2, 0.25) is 0 Å². The fourth-order valence-electron chi connectivity index (χ4n) is 1.47. The molecular formula is C12H15BrO3. The van der Waals surface area contributed by atoms with Crippen LogP contribution in [0.5, 0.6) is 5.75 Å². The first kappa shape index (κ1) is 13.0. The SMILES string of the molecule is COC(=O)CCCc1cc(Br)ccc1OC. The molecule has 0 saturated carbocycles. The van der Waals surface area contributed by atoms with Crippen LogP contribution in [0.25, 0.3) is 0 Å². The molecule has 0 radical (unpaired) electrons. The van der Waals surface area contributed by atoms with E-state index in [0.29, 0.717) is 6.42 Å². The van der Waals surface area contributed by atoms with Crippen molar-refractivity contribution in [2.45, 2.75) is 19.3 Å². The number of ether oxygens (including phenoxy) is 2. The minimum atomic E-state index is -0.172. The first-order valence-electron chi connectivity index (χ1n) is 5.06. The molecule has 0 atom stereocenters. The van der Waals surface area contributed by atoms with Crippen LogP contribution >= 0.6 is 15.9 Å². The van der Waals surface area contributed by atoms with Crippen LogP contribution in [-0.2, 0) is 16.0 Å². The third-order valence-electron chi connectivity index (χ3n) is 2.30. The average Bonchev–Trinajstić information content (AvgIpc) is 2.29. The van der Waals surface area contributed by atoms with Gasteiger partial charge in [0.05, 0.1) is 14.2 Å². The Bertz CT molecular complexity index is 363.